The van der Waals surface area contributed by atoms with Crippen LogP contribution in [0.5, 0.6) is 11.5 Å². The van der Waals surface area contributed by atoms with Crippen LogP contribution >= 0.6 is 0 Å². The van der Waals surface area contributed by atoms with E-state index in [0.717, 1.165) is 5.56 Å². The van der Waals surface area contributed by atoms with Crippen LogP contribution in [0.1, 0.15) is 5.56 Å². The van der Waals surface area contributed by atoms with E-state index in [-0.39, 0.29) is 18.2 Å². The molecule has 0 fully saturated rings. The first-order chi connectivity index (χ1) is 11.6. The van der Waals surface area contributed by atoms with E-state index < -0.39 is 11.0 Å². The lowest BCUT2D eigenvalue weighted by molar-refractivity contribution is -0.384. The third kappa shape index (κ3) is 2.34. The number of hydrogen-bond acceptors (Lipinski definition) is 5. The summed E-state index contributed by atoms with van der Waals surface area (Å²) in [6, 6.07) is 11.8. The van der Waals surface area contributed by atoms with Crippen molar-refractivity contribution in [2.45, 2.75) is 12.5 Å². The van der Waals surface area contributed by atoms with Crippen LogP contribution in [0.15, 0.2) is 42.5 Å². The zero-order chi connectivity index (χ0) is 16.7. The molecule has 0 spiro atoms. The van der Waals surface area contributed by atoms with Crippen LogP contribution < -0.4 is 14.4 Å². The molecule has 2 aliphatic rings. The van der Waals surface area contributed by atoms with Crippen molar-refractivity contribution in [2.24, 2.45) is 0 Å². The number of benzene rings is 2. The number of amides is 1. The van der Waals surface area contributed by atoms with Gasteiger partial charge in [0.1, 0.15) is 6.61 Å². The second kappa shape index (κ2) is 5.52. The number of carbonyl (C=O) groups excluding carboxylic acids is 1. The van der Waals surface area contributed by atoms with E-state index in [1.165, 1.54) is 12.1 Å². The minimum absolute atomic E-state index is 0.0281. The summed E-state index contributed by atoms with van der Waals surface area (Å²) in [4.78, 5) is 24.9. The number of nitro groups is 1. The van der Waals surface area contributed by atoms with E-state index in [1.807, 2.05) is 12.1 Å². The molecular weight excluding hydrogens is 312 g/mol. The van der Waals surface area contributed by atoms with Crippen molar-refractivity contribution < 1.29 is 19.2 Å². The van der Waals surface area contributed by atoms with Gasteiger partial charge in [0.25, 0.3) is 11.6 Å². The maximum Gasteiger partial charge on any atom is 0.271 e. The quantitative estimate of drug-likeness (QED) is 0.625. The van der Waals surface area contributed by atoms with Gasteiger partial charge < -0.3 is 14.4 Å². The molecule has 2 heterocycles. The summed E-state index contributed by atoms with van der Waals surface area (Å²) in [6.45, 7) is 0.605. The lowest BCUT2D eigenvalue weighted by Crippen LogP contribution is -2.46. The van der Waals surface area contributed by atoms with Gasteiger partial charge in [0.2, 0.25) is 6.10 Å². The summed E-state index contributed by atoms with van der Waals surface area (Å²) < 4.78 is 11.3. The van der Waals surface area contributed by atoms with Gasteiger partial charge in [-0.1, -0.05) is 18.2 Å². The van der Waals surface area contributed by atoms with Crippen molar-refractivity contribution in [1.82, 2.24) is 0 Å². The Bertz CT molecular complexity index is 835. The Morgan fingerprint density at radius 1 is 1.21 bits per heavy atom. The largest absolute Gasteiger partial charge is 0.485 e. The van der Waals surface area contributed by atoms with Gasteiger partial charge in [0.15, 0.2) is 11.5 Å². The first-order valence-corrected chi connectivity index (χ1v) is 7.60. The van der Waals surface area contributed by atoms with Crippen molar-refractivity contribution in [2.75, 3.05) is 18.1 Å². The van der Waals surface area contributed by atoms with Gasteiger partial charge in [0, 0.05) is 18.7 Å². The second-order valence-electron chi connectivity index (χ2n) is 5.67. The van der Waals surface area contributed by atoms with Gasteiger partial charge in [-0.3, -0.25) is 14.9 Å². The monoisotopic (exact) mass is 326 g/mol. The number of rotatable bonds is 2. The SMILES string of the molecule is O=C(C1COc2ccccc2O1)N1CCc2ccc([N+](=O)[O-])cc21. The number of non-ortho nitro benzene ring substituents is 1. The Hall–Kier alpha value is -3.09. The van der Waals surface area contributed by atoms with Gasteiger partial charge >= 0.3 is 0 Å². The molecule has 1 unspecified atom stereocenters. The fourth-order valence-corrected chi connectivity index (χ4v) is 3.03. The minimum Gasteiger partial charge on any atom is -0.485 e. The van der Waals surface area contributed by atoms with Crippen LogP contribution in [-0.4, -0.2) is 30.1 Å². The van der Waals surface area contributed by atoms with Crippen molar-refractivity contribution in [1.29, 1.82) is 0 Å². The predicted octanol–water partition coefficient (Wildman–Crippen LogP) is 2.32. The highest BCUT2D eigenvalue weighted by molar-refractivity contribution is 5.99. The fraction of sp³-hybridized carbons (Fsp3) is 0.235. The third-order valence-corrected chi connectivity index (χ3v) is 4.23. The summed E-state index contributed by atoms with van der Waals surface area (Å²) in [5.41, 5.74) is 1.47. The number of nitrogens with zero attached hydrogens (tertiary/aromatic N) is 2. The summed E-state index contributed by atoms with van der Waals surface area (Å²) in [5.74, 6) is 0.892. The van der Waals surface area contributed by atoms with Crippen molar-refractivity contribution in [3.8, 4) is 11.5 Å². The van der Waals surface area contributed by atoms with Crippen LogP contribution in [0, 0.1) is 10.1 Å². The lowest BCUT2D eigenvalue weighted by atomic mass is 10.1. The van der Waals surface area contributed by atoms with Crippen LogP contribution in [0.25, 0.3) is 0 Å². The summed E-state index contributed by atoms with van der Waals surface area (Å²) in [7, 11) is 0. The zero-order valence-corrected chi connectivity index (χ0v) is 12.7. The van der Waals surface area contributed by atoms with E-state index in [0.29, 0.717) is 30.2 Å². The molecule has 4 rings (SSSR count). The summed E-state index contributed by atoms with van der Waals surface area (Å²) in [5, 5.41) is 11.0. The average molecular weight is 326 g/mol. The predicted molar refractivity (Wildman–Crippen MR) is 85.5 cm³/mol. The number of ether oxygens (including phenoxy) is 2. The van der Waals surface area contributed by atoms with E-state index in [2.05, 4.69) is 0 Å². The van der Waals surface area contributed by atoms with Crippen molar-refractivity contribution >= 4 is 17.3 Å². The number of nitro benzene ring substituents is 1. The van der Waals surface area contributed by atoms with Crippen LogP contribution in [0.3, 0.4) is 0 Å². The molecule has 0 N–H and O–H groups in total. The van der Waals surface area contributed by atoms with Crippen molar-refractivity contribution in [3.63, 3.8) is 0 Å². The number of para-hydroxylation sites is 2. The molecule has 7 nitrogen and oxygen atoms in total. The van der Waals surface area contributed by atoms with Gasteiger partial charge in [-0.25, -0.2) is 0 Å². The Balaban J connectivity index is 1.59. The van der Waals surface area contributed by atoms with E-state index >= 15 is 0 Å². The fourth-order valence-electron chi connectivity index (χ4n) is 3.03. The molecule has 7 heteroatoms. The minimum atomic E-state index is -0.759. The van der Waals surface area contributed by atoms with E-state index in [1.54, 1.807) is 23.1 Å². The average Bonchev–Trinajstić information content (AvgIpc) is 3.03. The van der Waals surface area contributed by atoms with Crippen LogP contribution in [0.2, 0.25) is 0 Å². The molecule has 2 aliphatic heterocycles. The summed E-state index contributed by atoms with van der Waals surface area (Å²) in [6.07, 6.45) is -0.0893. The molecular formula is C17H14N2O5. The molecule has 0 aromatic heterocycles. The zero-order valence-electron chi connectivity index (χ0n) is 12.7. The number of carbonyl (C=O) groups is 1. The number of fused-ring (bicyclic) bond motifs is 2. The summed E-state index contributed by atoms with van der Waals surface area (Å²) >= 11 is 0. The van der Waals surface area contributed by atoms with Crippen LogP contribution in [-0.2, 0) is 11.2 Å². The molecule has 0 saturated carbocycles. The molecule has 1 amide bonds. The highest BCUT2D eigenvalue weighted by Gasteiger charge is 2.35. The first kappa shape index (κ1) is 14.5. The molecule has 1 atom stereocenters. The van der Waals surface area contributed by atoms with Gasteiger partial charge in [-0.15, -0.1) is 0 Å². The molecule has 2 aromatic rings. The maximum atomic E-state index is 12.8. The van der Waals surface area contributed by atoms with Gasteiger partial charge in [-0.2, -0.15) is 0 Å². The normalized spacial score (nSPS) is 18.2. The lowest BCUT2D eigenvalue weighted by Gasteiger charge is -2.28. The Morgan fingerprint density at radius 2 is 2.00 bits per heavy atom. The standard InChI is InChI=1S/C17H14N2O5/c20-17(16-10-23-14-3-1-2-4-15(14)24-16)18-8-7-11-5-6-12(19(21)22)9-13(11)18/h1-6,9,16H,7-8,10H2. The highest BCUT2D eigenvalue weighted by Crippen LogP contribution is 2.35. The molecule has 0 radical (unpaired) electrons. The Kier molecular flexibility index (Phi) is 3.34. The first-order valence-electron chi connectivity index (χ1n) is 7.60. The molecule has 24 heavy (non-hydrogen) atoms. The van der Waals surface area contributed by atoms with Gasteiger partial charge in [-0.05, 0) is 24.1 Å². The van der Waals surface area contributed by atoms with Crippen LogP contribution in [0.4, 0.5) is 11.4 Å². The molecule has 0 saturated heterocycles. The topological polar surface area (TPSA) is 81.9 Å². The molecule has 0 aliphatic carbocycles. The van der Waals surface area contributed by atoms with E-state index in [4.69, 9.17) is 9.47 Å². The number of hydrogen-bond donors (Lipinski definition) is 0. The molecule has 0 bridgehead atoms. The highest BCUT2D eigenvalue weighted by atomic mass is 16.6. The molecule has 2 aromatic carbocycles. The maximum absolute atomic E-state index is 12.8. The number of anilines is 1. The Labute approximate surface area is 137 Å². The van der Waals surface area contributed by atoms with Gasteiger partial charge in [0.05, 0.1) is 10.6 Å². The van der Waals surface area contributed by atoms with Crippen molar-refractivity contribution in [3.05, 3.63) is 58.1 Å². The van der Waals surface area contributed by atoms with E-state index in [9.17, 15) is 14.9 Å². The third-order valence-electron chi connectivity index (χ3n) is 4.23. The molecule has 122 valence electrons. The smallest absolute Gasteiger partial charge is 0.271 e. The second-order valence-corrected chi connectivity index (χ2v) is 5.67. The Morgan fingerprint density at radius 3 is 2.79 bits per heavy atom.